The van der Waals surface area contributed by atoms with E-state index in [9.17, 15) is 9.59 Å². The van der Waals surface area contributed by atoms with E-state index in [2.05, 4.69) is 10.3 Å². The molecule has 7 nitrogen and oxygen atoms in total. The van der Waals surface area contributed by atoms with Crippen LogP contribution in [0.15, 0.2) is 18.2 Å². The summed E-state index contributed by atoms with van der Waals surface area (Å²) in [6.07, 6.45) is 2.08. The fourth-order valence-electron chi connectivity index (χ4n) is 2.67. The lowest BCUT2D eigenvalue weighted by Crippen LogP contribution is -2.34. The Kier molecular flexibility index (Phi) is 3.32. The number of nitrogens with zero attached hydrogens (tertiary/aromatic N) is 4. The van der Waals surface area contributed by atoms with Gasteiger partial charge in [0.2, 0.25) is 5.91 Å². The molecule has 1 unspecified atom stereocenters. The van der Waals surface area contributed by atoms with Gasteiger partial charge in [0.25, 0.3) is 0 Å². The summed E-state index contributed by atoms with van der Waals surface area (Å²) in [5, 5.41) is 17.0. The number of carbonyl (C=O) groups is 2. The highest BCUT2D eigenvalue weighted by Gasteiger charge is 2.26. The van der Waals surface area contributed by atoms with Crippen molar-refractivity contribution in [2.45, 2.75) is 25.8 Å². The zero-order valence-corrected chi connectivity index (χ0v) is 11.7. The third-order valence-electron chi connectivity index (χ3n) is 3.86. The van der Waals surface area contributed by atoms with Crippen LogP contribution in [0.4, 0.5) is 0 Å². The number of rotatable bonds is 3. The van der Waals surface area contributed by atoms with Crippen LogP contribution in [0.3, 0.4) is 0 Å². The molecule has 1 aliphatic heterocycles. The van der Waals surface area contributed by atoms with Crippen molar-refractivity contribution in [2.24, 2.45) is 0 Å². The summed E-state index contributed by atoms with van der Waals surface area (Å²) >= 11 is 0. The molecule has 1 atom stereocenters. The number of fused-ring (bicyclic) bond motifs is 1. The Balaban J connectivity index is 1.93. The molecule has 3 rings (SSSR count). The standard InChI is InChI=1S/C14H16N4O3/c1-9(13(19)17-6-2-3-7-17)18-12-5-4-10(14(20)21)8-11(12)15-16-18/h4-5,8-9H,2-3,6-7H2,1H3,(H,20,21). The lowest BCUT2D eigenvalue weighted by Gasteiger charge is -2.20. The Labute approximate surface area is 121 Å². The summed E-state index contributed by atoms with van der Waals surface area (Å²) in [6, 6.07) is 4.17. The van der Waals surface area contributed by atoms with Gasteiger partial charge in [-0.05, 0) is 38.0 Å². The third-order valence-corrected chi connectivity index (χ3v) is 3.86. The van der Waals surface area contributed by atoms with Crippen LogP contribution in [0.25, 0.3) is 11.0 Å². The van der Waals surface area contributed by atoms with Gasteiger partial charge in [-0.15, -0.1) is 5.10 Å². The first-order valence-corrected chi connectivity index (χ1v) is 6.95. The fraction of sp³-hybridized carbons (Fsp3) is 0.429. The molecule has 0 radical (unpaired) electrons. The Hall–Kier alpha value is -2.44. The van der Waals surface area contributed by atoms with E-state index in [0.717, 1.165) is 25.9 Å². The molecule has 1 saturated heterocycles. The third kappa shape index (κ3) is 2.35. The van der Waals surface area contributed by atoms with Crippen molar-refractivity contribution in [2.75, 3.05) is 13.1 Å². The van der Waals surface area contributed by atoms with Crippen molar-refractivity contribution in [1.82, 2.24) is 19.9 Å². The van der Waals surface area contributed by atoms with Gasteiger partial charge in [-0.2, -0.15) is 0 Å². The second-order valence-corrected chi connectivity index (χ2v) is 5.25. The molecule has 2 heterocycles. The highest BCUT2D eigenvalue weighted by atomic mass is 16.4. The van der Waals surface area contributed by atoms with Crippen LogP contribution in [0.1, 0.15) is 36.2 Å². The Morgan fingerprint density at radius 3 is 2.67 bits per heavy atom. The highest BCUT2D eigenvalue weighted by Crippen LogP contribution is 2.20. The first kappa shape index (κ1) is 13.5. The molecule has 1 aromatic heterocycles. The van der Waals surface area contributed by atoms with Crippen LogP contribution < -0.4 is 0 Å². The number of aromatic carboxylic acids is 1. The second kappa shape index (κ2) is 5.16. The van der Waals surface area contributed by atoms with E-state index < -0.39 is 12.0 Å². The number of benzene rings is 1. The normalized spacial score (nSPS) is 16.3. The van der Waals surface area contributed by atoms with Crippen molar-refractivity contribution in [3.05, 3.63) is 23.8 Å². The zero-order valence-electron chi connectivity index (χ0n) is 11.7. The molecular weight excluding hydrogens is 272 g/mol. The molecule has 110 valence electrons. The minimum Gasteiger partial charge on any atom is -0.478 e. The van der Waals surface area contributed by atoms with Crippen LogP contribution in [-0.2, 0) is 4.79 Å². The van der Waals surface area contributed by atoms with Gasteiger partial charge in [-0.25, -0.2) is 9.48 Å². The molecule has 2 aromatic rings. The number of hydrogen-bond donors (Lipinski definition) is 1. The van der Waals surface area contributed by atoms with E-state index in [1.54, 1.807) is 17.7 Å². The van der Waals surface area contributed by atoms with Crippen LogP contribution in [0.2, 0.25) is 0 Å². The van der Waals surface area contributed by atoms with Gasteiger partial charge in [0.15, 0.2) is 0 Å². The van der Waals surface area contributed by atoms with Crippen molar-refractivity contribution >= 4 is 22.9 Å². The molecular formula is C14H16N4O3. The van der Waals surface area contributed by atoms with Gasteiger partial charge >= 0.3 is 5.97 Å². The molecule has 0 aliphatic carbocycles. The number of likely N-dealkylation sites (tertiary alicyclic amines) is 1. The van der Waals surface area contributed by atoms with Crippen molar-refractivity contribution in [3.8, 4) is 0 Å². The number of carboxylic acids is 1. The topological polar surface area (TPSA) is 88.3 Å². The number of carboxylic acid groups (broad SMARTS) is 1. The molecule has 1 N–H and O–H groups in total. The summed E-state index contributed by atoms with van der Waals surface area (Å²) in [5.74, 6) is -0.978. The molecule has 7 heteroatoms. The summed E-state index contributed by atoms with van der Waals surface area (Å²) in [6.45, 7) is 3.37. The SMILES string of the molecule is CC(C(=O)N1CCCC1)n1nnc2cc(C(=O)O)ccc21. The highest BCUT2D eigenvalue weighted by molar-refractivity contribution is 5.92. The lowest BCUT2D eigenvalue weighted by atomic mass is 10.2. The van der Waals surface area contributed by atoms with Crippen molar-refractivity contribution in [3.63, 3.8) is 0 Å². The van der Waals surface area contributed by atoms with Gasteiger partial charge in [0.05, 0.1) is 11.1 Å². The smallest absolute Gasteiger partial charge is 0.335 e. The van der Waals surface area contributed by atoms with E-state index in [1.807, 2.05) is 4.90 Å². The fourth-order valence-corrected chi connectivity index (χ4v) is 2.67. The number of aromatic nitrogens is 3. The van der Waals surface area contributed by atoms with Crippen molar-refractivity contribution < 1.29 is 14.7 Å². The van der Waals surface area contributed by atoms with Gasteiger partial charge in [0.1, 0.15) is 11.6 Å². The maximum absolute atomic E-state index is 12.4. The number of amides is 1. The molecule has 1 amide bonds. The summed E-state index contributed by atoms with van der Waals surface area (Å²) in [7, 11) is 0. The average molecular weight is 288 g/mol. The molecule has 0 saturated carbocycles. The maximum Gasteiger partial charge on any atom is 0.335 e. The van der Waals surface area contributed by atoms with Gasteiger partial charge < -0.3 is 10.0 Å². The summed E-state index contributed by atoms with van der Waals surface area (Å²) in [5.41, 5.74) is 1.31. The van der Waals surface area contributed by atoms with Crippen LogP contribution in [-0.4, -0.2) is 50.0 Å². The van der Waals surface area contributed by atoms with Gasteiger partial charge in [0, 0.05) is 13.1 Å². The van der Waals surface area contributed by atoms with Crippen LogP contribution in [0, 0.1) is 0 Å². The molecule has 1 aliphatic rings. The maximum atomic E-state index is 12.4. The molecule has 0 spiro atoms. The monoisotopic (exact) mass is 288 g/mol. The van der Waals surface area contributed by atoms with Crippen LogP contribution in [0.5, 0.6) is 0 Å². The number of carbonyl (C=O) groups excluding carboxylic acids is 1. The van der Waals surface area contributed by atoms with E-state index in [0.29, 0.717) is 11.0 Å². The zero-order chi connectivity index (χ0) is 15.0. The Bertz CT molecular complexity index is 703. The first-order valence-electron chi connectivity index (χ1n) is 6.95. The molecule has 1 fully saturated rings. The summed E-state index contributed by atoms with van der Waals surface area (Å²) < 4.78 is 1.56. The van der Waals surface area contributed by atoms with E-state index >= 15 is 0 Å². The minimum atomic E-state index is -1.01. The van der Waals surface area contributed by atoms with Gasteiger partial charge in [-0.1, -0.05) is 5.21 Å². The van der Waals surface area contributed by atoms with Crippen molar-refractivity contribution in [1.29, 1.82) is 0 Å². The average Bonchev–Trinajstić information content (AvgIpc) is 3.14. The quantitative estimate of drug-likeness (QED) is 0.920. The van der Waals surface area contributed by atoms with Gasteiger partial charge in [-0.3, -0.25) is 4.79 Å². The number of hydrogen-bond acceptors (Lipinski definition) is 4. The lowest BCUT2D eigenvalue weighted by molar-refractivity contribution is -0.133. The van der Waals surface area contributed by atoms with E-state index in [4.69, 9.17) is 5.11 Å². The molecule has 21 heavy (non-hydrogen) atoms. The molecule has 0 bridgehead atoms. The second-order valence-electron chi connectivity index (χ2n) is 5.25. The molecule has 1 aromatic carbocycles. The Morgan fingerprint density at radius 1 is 1.29 bits per heavy atom. The van der Waals surface area contributed by atoms with E-state index in [1.165, 1.54) is 12.1 Å². The predicted molar refractivity (Wildman–Crippen MR) is 75.0 cm³/mol. The summed E-state index contributed by atoms with van der Waals surface area (Å²) in [4.78, 5) is 25.2. The minimum absolute atomic E-state index is 0.0293. The Morgan fingerprint density at radius 2 is 2.00 bits per heavy atom. The predicted octanol–water partition coefficient (Wildman–Crippen LogP) is 1.31. The first-order chi connectivity index (χ1) is 10.1. The largest absolute Gasteiger partial charge is 0.478 e. The van der Waals surface area contributed by atoms with E-state index in [-0.39, 0.29) is 11.5 Å². The van der Waals surface area contributed by atoms with Crippen LogP contribution >= 0.6 is 0 Å².